The highest BCUT2D eigenvalue weighted by Gasteiger charge is 2.54. The molecule has 0 bridgehead atoms. The maximum atomic E-state index is 12.3. The van der Waals surface area contributed by atoms with Gasteiger partial charge in [-0.05, 0) is 18.9 Å². The summed E-state index contributed by atoms with van der Waals surface area (Å²) in [6, 6.07) is 5.32. The molecule has 1 aliphatic heterocycles. The molecule has 2 unspecified atom stereocenters. The first-order valence-electron chi connectivity index (χ1n) is 5.87. The number of aromatic nitrogens is 1. The van der Waals surface area contributed by atoms with Crippen molar-refractivity contribution in [1.82, 2.24) is 0 Å². The summed E-state index contributed by atoms with van der Waals surface area (Å²) in [7, 11) is 0. The number of nitrogens with zero attached hydrogens (tertiary/aromatic N) is 1. The summed E-state index contributed by atoms with van der Waals surface area (Å²) in [5.74, 6) is -0.318. The quantitative estimate of drug-likeness (QED) is 0.722. The van der Waals surface area contributed by atoms with Crippen LogP contribution in [0.3, 0.4) is 0 Å². The number of anilines is 1. The van der Waals surface area contributed by atoms with E-state index in [1.54, 1.807) is 24.4 Å². The summed E-state index contributed by atoms with van der Waals surface area (Å²) in [5, 5.41) is 0.677. The highest BCUT2D eigenvalue weighted by Crippen LogP contribution is 2.39. The second kappa shape index (κ2) is 4.21. The van der Waals surface area contributed by atoms with Crippen LogP contribution in [0.1, 0.15) is 12.8 Å². The number of fused-ring (bicyclic) bond motifs is 1. The van der Waals surface area contributed by atoms with E-state index in [-0.39, 0.29) is 23.7 Å². The number of imide groups is 1. The second-order valence-electron chi connectivity index (χ2n) is 4.56. The number of rotatable bonds is 1. The van der Waals surface area contributed by atoms with Gasteiger partial charge in [0.25, 0.3) is 5.82 Å². The highest BCUT2D eigenvalue weighted by atomic mass is 35.5. The van der Waals surface area contributed by atoms with Crippen molar-refractivity contribution >= 4 is 29.2 Å². The predicted molar refractivity (Wildman–Crippen MR) is 65.6 cm³/mol. The van der Waals surface area contributed by atoms with Crippen LogP contribution in [0.25, 0.3) is 0 Å². The Morgan fingerprint density at radius 2 is 2.00 bits per heavy atom. The molecular weight excluding hydrogens is 252 g/mol. The average molecular weight is 264 g/mol. The van der Waals surface area contributed by atoms with Crippen molar-refractivity contribution in [3.63, 3.8) is 0 Å². The number of hydrogen-bond acceptors (Lipinski definition) is 2. The Balaban J connectivity index is 1.96. The maximum absolute atomic E-state index is 12.3. The third-order valence-corrected chi connectivity index (χ3v) is 3.81. The molecule has 4 nitrogen and oxygen atoms in total. The predicted octanol–water partition coefficient (Wildman–Crippen LogP) is 1.52. The van der Waals surface area contributed by atoms with E-state index < -0.39 is 0 Å². The summed E-state index contributed by atoms with van der Waals surface area (Å²) in [5.41, 5.74) is 0. The fraction of sp³-hybridized carbons (Fsp3) is 0.308. The van der Waals surface area contributed by atoms with Gasteiger partial charge in [-0.2, -0.15) is 0 Å². The summed E-state index contributed by atoms with van der Waals surface area (Å²) >= 11 is 5.96. The first kappa shape index (κ1) is 11.4. The third-order valence-electron chi connectivity index (χ3n) is 3.50. The Labute approximate surface area is 109 Å². The standard InChI is InChI=1S/C13H11ClN2O2/c14-8-4-5-9-10(7-8)13(18)16(12(9)17)11-3-1-2-6-15-11/h1-4,6,9-10H,5,7H2/p+1. The van der Waals surface area contributed by atoms with Crippen LogP contribution in [0.15, 0.2) is 35.5 Å². The zero-order chi connectivity index (χ0) is 12.7. The smallest absolute Gasteiger partial charge is 0.247 e. The summed E-state index contributed by atoms with van der Waals surface area (Å²) < 4.78 is 0. The highest BCUT2D eigenvalue weighted by molar-refractivity contribution is 6.30. The zero-order valence-electron chi connectivity index (χ0n) is 9.60. The average Bonchev–Trinajstić information content (AvgIpc) is 2.63. The molecule has 2 atom stereocenters. The number of carbonyl (C=O) groups is 2. The Kier molecular flexibility index (Phi) is 2.67. The number of aromatic amines is 1. The van der Waals surface area contributed by atoms with E-state index in [1.165, 1.54) is 4.90 Å². The fourth-order valence-electron chi connectivity index (χ4n) is 2.59. The molecule has 0 aromatic carbocycles. The van der Waals surface area contributed by atoms with E-state index in [4.69, 9.17) is 11.6 Å². The van der Waals surface area contributed by atoms with Crippen molar-refractivity contribution in [3.8, 4) is 0 Å². The van der Waals surface area contributed by atoms with Crippen LogP contribution in [0.4, 0.5) is 5.82 Å². The maximum Gasteiger partial charge on any atom is 0.321 e. The molecular formula is C13H12ClN2O2+. The van der Waals surface area contributed by atoms with E-state index in [1.807, 2.05) is 6.08 Å². The molecule has 92 valence electrons. The van der Waals surface area contributed by atoms with Gasteiger partial charge in [-0.1, -0.05) is 23.7 Å². The van der Waals surface area contributed by atoms with E-state index in [9.17, 15) is 9.59 Å². The van der Waals surface area contributed by atoms with Gasteiger partial charge >= 0.3 is 11.8 Å². The number of pyridine rings is 1. The third kappa shape index (κ3) is 1.64. The first-order valence-corrected chi connectivity index (χ1v) is 6.25. The number of halogens is 1. The van der Waals surface area contributed by atoms with Gasteiger partial charge in [-0.3, -0.25) is 0 Å². The van der Waals surface area contributed by atoms with Crippen LogP contribution in [0, 0.1) is 11.8 Å². The van der Waals surface area contributed by atoms with Gasteiger partial charge in [0.2, 0.25) is 0 Å². The lowest BCUT2D eigenvalue weighted by atomic mass is 9.85. The largest absolute Gasteiger partial charge is 0.321 e. The number of allylic oxidation sites excluding steroid dienone is 2. The van der Waals surface area contributed by atoms with Gasteiger partial charge in [0.15, 0.2) is 0 Å². The van der Waals surface area contributed by atoms with E-state index >= 15 is 0 Å². The van der Waals surface area contributed by atoms with Crippen LogP contribution >= 0.6 is 11.6 Å². The number of nitrogens with one attached hydrogen (secondary N) is 1. The fourth-order valence-corrected chi connectivity index (χ4v) is 2.84. The lowest BCUT2D eigenvalue weighted by molar-refractivity contribution is -0.362. The topological polar surface area (TPSA) is 51.5 Å². The summed E-state index contributed by atoms with van der Waals surface area (Å²) in [6.07, 6.45) is 4.56. The molecule has 1 aliphatic carbocycles. The van der Waals surface area contributed by atoms with Gasteiger partial charge in [-0.25, -0.2) is 14.6 Å². The summed E-state index contributed by atoms with van der Waals surface area (Å²) in [6.45, 7) is 0. The van der Waals surface area contributed by atoms with Crippen LogP contribution in [-0.4, -0.2) is 11.8 Å². The van der Waals surface area contributed by atoms with Crippen molar-refractivity contribution in [1.29, 1.82) is 0 Å². The van der Waals surface area contributed by atoms with Gasteiger partial charge in [0.1, 0.15) is 0 Å². The SMILES string of the molecule is O=C1C2CC=C(Cl)CC2C(=O)N1c1cccc[nH+]1. The monoisotopic (exact) mass is 263 g/mol. The molecule has 5 heteroatoms. The minimum atomic E-state index is -0.302. The molecule has 1 aromatic rings. The molecule has 18 heavy (non-hydrogen) atoms. The zero-order valence-corrected chi connectivity index (χ0v) is 10.4. The molecule has 2 amide bonds. The number of amides is 2. The second-order valence-corrected chi connectivity index (χ2v) is 5.05. The number of hydrogen-bond donors (Lipinski definition) is 0. The minimum Gasteiger partial charge on any atom is -0.247 e. The molecule has 3 rings (SSSR count). The van der Waals surface area contributed by atoms with E-state index in [2.05, 4.69) is 4.98 Å². The lowest BCUT2D eigenvalue weighted by Crippen LogP contribution is -2.35. The Morgan fingerprint density at radius 3 is 2.72 bits per heavy atom. The molecule has 0 saturated carbocycles. The van der Waals surface area contributed by atoms with E-state index in [0.717, 1.165) is 0 Å². The number of H-pyrrole nitrogens is 1. The van der Waals surface area contributed by atoms with E-state index in [0.29, 0.717) is 23.7 Å². The molecule has 1 N–H and O–H groups in total. The first-order chi connectivity index (χ1) is 8.68. The Hall–Kier alpha value is -1.68. The van der Waals surface area contributed by atoms with Crippen molar-refractivity contribution < 1.29 is 14.6 Å². The molecule has 1 fully saturated rings. The molecule has 2 heterocycles. The summed E-state index contributed by atoms with van der Waals surface area (Å²) in [4.78, 5) is 28.7. The van der Waals surface area contributed by atoms with Gasteiger partial charge in [0.05, 0.1) is 18.0 Å². The molecule has 1 aromatic heterocycles. The van der Waals surface area contributed by atoms with Crippen LogP contribution in [0.5, 0.6) is 0 Å². The molecule has 0 spiro atoms. The van der Waals surface area contributed by atoms with Gasteiger partial charge in [0, 0.05) is 11.1 Å². The Morgan fingerprint density at radius 1 is 1.22 bits per heavy atom. The van der Waals surface area contributed by atoms with Crippen molar-refractivity contribution in [2.24, 2.45) is 11.8 Å². The van der Waals surface area contributed by atoms with Gasteiger partial charge < -0.3 is 0 Å². The molecule has 2 aliphatic rings. The molecule has 0 radical (unpaired) electrons. The van der Waals surface area contributed by atoms with Crippen molar-refractivity contribution in [3.05, 3.63) is 35.5 Å². The molecule has 1 saturated heterocycles. The van der Waals surface area contributed by atoms with Crippen LogP contribution in [-0.2, 0) is 9.59 Å². The Bertz CT molecular complexity index is 541. The van der Waals surface area contributed by atoms with Crippen molar-refractivity contribution in [2.75, 3.05) is 4.90 Å². The van der Waals surface area contributed by atoms with Gasteiger partial charge in [-0.15, -0.1) is 4.90 Å². The lowest BCUT2D eigenvalue weighted by Gasteiger charge is -2.15. The van der Waals surface area contributed by atoms with Crippen LogP contribution < -0.4 is 9.88 Å². The minimum absolute atomic E-state index is 0.132. The van der Waals surface area contributed by atoms with Crippen LogP contribution in [0.2, 0.25) is 0 Å². The normalized spacial score (nSPS) is 27.2. The van der Waals surface area contributed by atoms with Crippen molar-refractivity contribution in [2.45, 2.75) is 12.8 Å². The number of carbonyl (C=O) groups excluding carboxylic acids is 2.